The third-order valence-electron chi connectivity index (χ3n) is 7.15. The van der Waals surface area contributed by atoms with Gasteiger partial charge in [-0.05, 0) is 24.1 Å². The van der Waals surface area contributed by atoms with Crippen LogP contribution < -0.4 is 15.1 Å². The lowest BCUT2D eigenvalue weighted by Crippen LogP contribution is -2.54. The third kappa shape index (κ3) is 6.04. The highest BCUT2D eigenvalue weighted by atomic mass is 19.3. The lowest BCUT2D eigenvalue weighted by Gasteiger charge is -2.38. The van der Waals surface area contributed by atoms with Crippen LogP contribution in [0.3, 0.4) is 0 Å². The van der Waals surface area contributed by atoms with Gasteiger partial charge in [0.1, 0.15) is 17.7 Å². The number of rotatable bonds is 8. The Balaban J connectivity index is 1.50. The van der Waals surface area contributed by atoms with Crippen molar-refractivity contribution in [1.29, 1.82) is 5.26 Å². The highest BCUT2D eigenvalue weighted by Crippen LogP contribution is 2.38. The van der Waals surface area contributed by atoms with E-state index >= 15 is 0 Å². The van der Waals surface area contributed by atoms with Crippen molar-refractivity contribution in [3.8, 4) is 6.07 Å². The molecule has 2 fully saturated rings. The molecule has 1 saturated heterocycles. The number of carbonyl (C=O) groups excluding carboxylic acids is 3. The molecule has 2 atom stereocenters. The number of pyridine rings is 2. The maximum Gasteiger partial charge on any atom is 0.252 e. The molecule has 0 bridgehead atoms. The first-order valence-electron chi connectivity index (χ1n) is 13.0. The molecule has 1 aliphatic carbocycles. The number of anilines is 2. The van der Waals surface area contributed by atoms with Crippen molar-refractivity contribution in [3.63, 3.8) is 0 Å². The van der Waals surface area contributed by atoms with Gasteiger partial charge in [0.05, 0.1) is 29.7 Å². The Kier molecular flexibility index (Phi) is 7.70. The fourth-order valence-corrected chi connectivity index (χ4v) is 5.24. The molecule has 3 heterocycles. The van der Waals surface area contributed by atoms with Gasteiger partial charge in [-0.1, -0.05) is 30.3 Å². The largest absolute Gasteiger partial charge is 0.351 e. The Hall–Kier alpha value is -4.79. The van der Waals surface area contributed by atoms with E-state index in [2.05, 4.69) is 15.3 Å². The van der Waals surface area contributed by atoms with Crippen molar-refractivity contribution >= 4 is 29.2 Å². The van der Waals surface area contributed by atoms with Crippen molar-refractivity contribution in [2.24, 2.45) is 0 Å². The third-order valence-corrected chi connectivity index (χ3v) is 7.15. The van der Waals surface area contributed by atoms with Crippen LogP contribution in [0.25, 0.3) is 0 Å². The van der Waals surface area contributed by atoms with Crippen LogP contribution in [0.15, 0.2) is 67.1 Å². The molecule has 1 N–H and O–H groups in total. The minimum absolute atomic E-state index is 0.0154. The average Bonchev–Trinajstić information content (AvgIpc) is 3.30. The van der Waals surface area contributed by atoms with Crippen LogP contribution in [-0.4, -0.2) is 45.7 Å². The van der Waals surface area contributed by atoms with E-state index < -0.39 is 54.5 Å². The average molecular weight is 563 g/mol. The van der Waals surface area contributed by atoms with E-state index in [9.17, 15) is 32.8 Å². The second-order valence-corrected chi connectivity index (χ2v) is 10.1. The van der Waals surface area contributed by atoms with Gasteiger partial charge in [0.2, 0.25) is 17.7 Å². The van der Waals surface area contributed by atoms with Crippen molar-refractivity contribution < 1.29 is 27.6 Å². The predicted molar refractivity (Wildman–Crippen MR) is 141 cm³/mol. The van der Waals surface area contributed by atoms with E-state index in [1.807, 2.05) is 6.07 Å². The molecule has 2 unspecified atom stereocenters. The number of nitrogens with zero attached hydrogens (tertiary/aromatic N) is 5. The van der Waals surface area contributed by atoms with E-state index in [-0.39, 0.29) is 35.8 Å². The minimum atomic E-state index is -2.88. The van der Waals surface area contributed by atoms with Gasteiger partial charge in [-0.3, -0.25) is 29.2 Å². The second-order valence-electron chi connectivity index (χ2n) is 10.1. The van der Waals surface area contributed by atoms with Crippen LogP contribution >= 0.6 is 0 Å². The molecule has 3 amide bonds. The molecular formula is C29H25F3N6O3. The number of nitriles is 1. The molecule has 2 aliphatic rings. The van der Waals surface area contributed by atoms with Gasteiger partial charge in [-0.2, -0.15) is 5.26 Å². The molecule has 3 aromatic rings. The van der Waals surface area contributed by atoms with Gasteiger partial charge in [-0.25, -0.2) is 18.2 Å². The SMILES string of the molecule is N#Cc1ccnc(N2C(=O)CCC2CC(=O)N(c2cncc(F)c2)C(C(=O)NC2CC(F)(F)C2)c2ccccc2)c1. The van der Waals surface area contributed by atoms with E-state index in [4.69, 9.17) is 0 Å². The lowest BCUT2D eigenvalue weighted by atomic mass is 9.87. The number of aromatic nitrogens is 2. The molecule has 1 saturated carbocycles. The van der Waals surface area contributed by atoms with Crippen molar-refractivity contribution in [1.82, 2.24) is 15.3 Å². The Morgan fingerprint density at radius 3 is 2.61 bits per heavy atom. The van der Waals surface area contributed by atoms with Gasteiger partial charge < -0.3 is 5.32 Å². The van der Waals surface area contributed by atoms with Crippen molar-refractivity contribution in [2.75, 3.05) is 9.80 Å². The summed E-state index contributed by atoms with van der Waals surface area (Å²) in [6.07, 6.45) is 2.70. The summed E-state index contributed by atoms with van der Waals surface area (Å²) in [7, 11) is 0. The molecular weight excluding hydrogens is 537 g/mol. The van der Waals surface area contributed by atoms with E-state index in [1.165, 1.54) is 29.4 Å². The molecule has 5 rings (SSSR count). The predicted octanol–water partition coefficient (Wildman–Crippen LogP) is 4.06. The smallest absolute Gasteiger partial charge is 0.252 e. The maximum atomic E-state index is 14.4. The maximum absolute atomic E-state index is 14.4. The topological polar surface area (TPSA) is 119 Å². The van der Waals surface area contributed by atoms with Crippen LogP contribution in [0, 0.1) is 17.1 Å². The minimum Gasteiger partial charge on any atom is -0.351 e. The Morgan fingerprint density at radius 2 is 1.93 bits per heavy atom. The Morgan fingerprint density at radius 1 is 1.17 bits per heavy atom. The quantitative estimate of drug-likeness (QED) is 0.442. The summed E-state index contributed by atoms with van der Waals surface area (Å²) in [6, 6.07) is 11.4. The number of nitrogens with one attached hydrogen (secondary N) is 1. The first kappa shape index (κ1) is 27.8. The van der Waals surface area contributed by atoms with Gasteiger partial charge in [0.15, 0.2) is 0 Å². The molecule has 41 heavy (non-hydrogen) atoms. The number of hydrogen-bond acceptors (Lipinski definition) is 6. The Bertz CT molecular complexity index is 1500. The number of benzene rings is 1. The summed E-state index contributed by atoms with van der Waals surface area (Å²) in [6.45, 7) is 0. The van der Waals surface area contributed by atoms with Crippen LogP contribution in [0.5, 0.6) is 0 Å². The molecule has 2 aromatic heterocycles. The summed E-state index contributed by atoms with van der Waals surface area (Å²) in [5.74, 6) is -5.03. The lowest BCUT2D eigenvalue weighted by molar-refractivity contribution is -0.133. The highest BCUT2D eigenvalue weighted by molar-refractivity contribution is 6.03. The van der Waals surface area contributed by atoms with Crippen LogP contribution in [0.2, 0.25) is 0 Å². The van der Waals surface area contributed by atoms with Crippen LogP contribution in [0.4, 0.5) is 24.7 Å². The first-order valence-corrected chi connectivity index (χ1v) is 13.0. The van der Waals surface area contributed by atoms with Gasteiger partial charge in [0, 0.05) is 50.0 Å². The summed E-state index contributed by atoms with van der Waals surface area (Å²) in [4.78, 5) is 51.0. The zero-order valence-corrected chi connectivity index (χ0v) is 21.7. The van der Waals surface area contributed by atoms with E-state index in [1.54, 1.807) is 30.3 Å². The fourth-order valence-electron chi connectivity index (χ4n) is 5.24. The highest BCUT2D eigenvalue weighted by Gasteiger charge is 2.47. The molecule has 9 nitrogen and oxygen atoms in total. The van der Waals surface area contributed by atoms with E-state index in [0.717, 1.165) is 17.2 Å². The number of amides is 3. The Labute approximate surface area is 233 Å². The molecule has 0 radical (unpaired) electrons. The first-order chi connectivity index (χ1) is 19.6. The molecule has 1 aromatic carbocycles. The summed E-state index contributed by atoms with van der Waals surface area (Å²) < 4.78 is 41.4. The van der Waals surface area contributed by atoms with E-state index in [0.29, 0.717) is 12.0 Å². The standard InChI is InChI=1S/C29H25F3N6O3/c30-20-11-23(17-34-16-20)38(27(19-4-2-1-3-5-19)28(41)36-21-13-29(31,32)14-21)26(40)12-22-6-7-25(39)37(22)24-10-18(15-33)8-9-35-24/h1-5,8-11,16-17,21-22,27H,6-7,12-14H2,(H,36,41). The normalized spacial score (nSPS) is 18.7. The zero-order chi connectivity index (χ0) is 29.1. The summed E-state index contributed by atoms with van der Waals surface area (Å²) in [5.41, 5.74) is 0.643. The summed E-state index contributed by atoms with van der Waals surface area (Å²) >= 11 is 0. The molecule has 210 valence electrons. The summed E-state index contributed by atoms with van der Waals surface area (Å²) in [5, 5.41) is 11.9. The van der Waals surface area contributed by atoms with Gasteiger partial charge >= 0.3 is 0 Å². The molecule has 1 aliphatic heterocycles. The fraction of sp³-hybridized carbons (Fsp3) is 0.310. The van der Waals surface area contributed by atoms with Crippen molar-refractivity contribution in [3.05, 3.63) is 84.1 Å². The number of alkyl halides is 2. The molecule has 0 spiro atoms. The monoisotopic (exact) mass is 562 g/mol. The molecule has 12 heteroatoms. The second kappa shape index (κ2) is 11.4. The van der Waals surface area contributed by atoms with Gasteiger partial charge in [0.25, 0.3) is 5.92 Å². The number of carbonyl (C=O) groups is 3. The van der Waals surface area contributed by atoms with Crippen LogP contribution in [-0.2, 0) is 14.4 Å². The zero-order valence-electron chi connectivity index (χ0n) is 21.7. The number of halogens is 3. The van der Waals surface area contributed by atoms with Gasteiger partial charge in [-0.15, -0.1) is 0 Å². The van der Waals surface area contributed by atoms with Crippen molar-refractivity contribution in [2.45, 2.75) is 56.2 Å². The van der Waals surface area contributed by atoms with Crippen LogP contribution in [0.1, 0.15) is 49.3 Å². The number of hydrogen-bond donors (Lipinski definition) is 1.